The van der Waals surface area contributed by atoms with E-state index >= 15 is 0 Å². The number of aryl methyl sites for hydroxylation is 2. The number of hydrogen-bond donors (Lipinski definition) is 3. The molecule has 1 aliphatic heterocycles. The fraction of sp³-hybridized carbons (Fsp3) is 0.576. The highest BCUT2D eigenvalue weighted by Crippen LogP contribution is 2.25. The molecule has 16 heteroatoms. The lowest BCUT2D eigenvalue weighted by atomic mass is 10.2. The van der Waals surface area contributed by atoms with Gasteiger partial charge in [0.2, 0.25) is 0 Å². The van der Waals surface area contributed by atoms with Crippen LogP contribution in [0.5, 0.6) is 0 Å². The van der Waals surface area contributed by atoms with Gasteiger partial charge in [-0.05, 0) is 25.5 Å². The fourth-order valence-electron chi connectivity index (χ4n) is 4.69. The van der Waals surface area contributed by atoms with Gasteiger partial charge in [-0.2, -0.15) is 0 Å². The molecule has 3 aromatic rings. The van der Waals surface area contributed by atoms with E-state index in [1.54, 1.807) is 6.20 Å². The van der Waals surface area contributed by atoms with E-state index in [4.69, 9.17) is 41.0 Å². The molecular formula is C33H51ClN8O6S. The van der Waals surface area contributed by atoms with E-state index in [-0.39, 0.29) is 0 Å². The molecule has 14 nitrogen and oxygen atoms in total. The summed E-state index contributed by atoms with van der Waals surface area (Å²) in [7, 11) is 1.87. The number of aromatic nitrogens is 3. The van der Waals surface area contributed by atoms with Crippen LogP contribution in [0.2, 0.25) is 5.02 Å². The summed E-state index contributed by atoms with van der Waals surface area (Å²) in [6, 6.07) is 7.77. The molecule has 4 N–H and O–H groups in total. The van der Waals surface area contributed by atoms with Crippen molar-refractivity contribution in [3.8, 4) is 0 Å². The third-order valence-corrected chi connectivity index (χ3v) is 8.32. The second-order valence-electron chi connectivity index (χ2n) is 10.8. The summed E-state index contributed by atoms with van der Waals surface area (Å²) < 4.78 is 27.3. The van der Waals surface area contributed by atoms with Crippen molar-refractivity contribution in [1.82, 2.24) is 19.9 Å². The minimum atomic E-state index is 0.527. The first-order valence-electron chi connectivity index (χ1n) is 16.5. The zero-order valence-corrected chi connectivity index (χ0v) is 30.4. The normalized spacial score (nSPS) is 13.2. The molecule has 0 bridgehead atoms. The number of halogens is 1. The van der Waals surface area contributed by atoms with E-state index in [1.165, 1.54) is 16.9 Å². The number of piperazine rings is 1. The largest absolute Gasteiger partial charge is 0.387 e. The molecule has 0 spiro atoms. The molecule has 1 aromatic carbocycles. The van der Waals surface area contributed by atoms with Crippen molar-refractivity contribution in [3.63, 3.8) is 0 Å². The Morgan fingerprint density at radius 1 is 0.898 bits per heavy atom. The van der Waals surface area contributed by atoms with Crippen LogP contribution in [0.1, 0.15) is 21.1 Å². The van der Waals surface area contributed by atoms with Gasteiger partial charge in [0.1, 0.15) is 17.5 Å². The van der Waals surface area contributed by atoms with Crippen molar-refractivity contribution in [2.24, 2.45) is 5.73 Å². The summed E-state index contributed by atoms with van der Waals surface area (Å²) in [5.41, 5.74) is 7.53. The molecule has 4 rings (SSSR count). The molecule has 0 radical (unpaired) electrons. The summed E-state index contributed by atoms with van der Waals surface area (Å²) in [4.78, 5) is 29.4. The third-order valence-electron chi connectivity index (χ3n) is 7.17. The van der Waals surface area contributed by atoms with Crippen molar-refractivity contribution in [2.75, 3.05) is 128 Å². The van der Waals surface area contributed by atoms with E-state index in [2.05, 4.69) is 35.4 Å². The van der Waals surface area contributed by atoms with Gasteiger partial charge in [-0.3, -0.25) is 9.69 Å². The van der Waals surface area contributed by atoms with Crippen molar-refractivity contribution >= 4 is 51.7 Å². The molecule has 272 valence electrons. The maximum absolute atomic E-state index is 10.9. The van der Waals surface area contributed by atoms with Gasteiger partial charge in [-0.1, -0.05) is 35.1 Å². The predicted octanol–water partition coefficient (Wildman–Crippen LogP) is 3.65. The molecule has 0 saturated carbocycles. The Kier molecular flexibility index (Phi) is 20.0. The molecule has 1 saturated heterocycles. The lowest BCUT2D eigenvalue weighted by Gasteiger charge is -2.35. The summed E-state index contributed by atoms with van der Waals surface area (Å²) in [6.45, 7) is 14.5. The van der Waals surface area contributed by atoms with E-state index in [0.717, 1.165) is 55.5 Å². The number of carbonyl (C=O) groups excluding carboxylic acids is 1. The highest BCUT2D eigenvalue weighted by atomic mass is 35.5. The Hall–Kier alpha value is -2.99. The van der Waals surface area contributed by atoms with Gasteiger partial charge in [0.15, 0.2) is 11.4 Å². The molecule has 0 amide bonds. The first-order chi connectivity index (χ1) is 23.9. The molecule has 1 fully saturated rings. The topological polar surface area (TPSA) is 158 Å². The second kappa shape index (κ2) is 24.2. The maximum atomic E-state index is 10.9. The van der Waals surface area contributed by atoms with Crippen LogP contribution in [0.25, 0.3) is 0 Å². The Labute approximate surface area is 298 Å². The van der Waals surface area contributed by atoms with E-state index in [9.17, 15) is 4.79 Å². The number of hydrogen-bond acceptors (Lipinski definition) is 15. The lowest BCUT2D eigenvalue weighted by Crippen LogP contribution is -2.47. The smallest absolute Gasteiger partial charge is 0.188 e. The quantitative estimate of drug-likeness (QED) is 0.102. The van der Waals surface area contributed by atoms with Crippen molar-refractivity contribution in [2.45, 2.75) is 13.8 Å². The number of carbonyl (C=O) groups is 1. The van der Waals surface area contributed by atoms with E-state index in [1.807, 2.05) is 45.2 Å². The predicted molar refractivity (Wildman–Crippen MR) is 195 cm³/mol. The van der Waals surface area contributed by atoms with Gasteiger partial charge in [0.05, 0.1) is 87.9 Å². The van der Waals surface area contributed by atoms with E-state index in [0.29, 0.717) is 94.3 Å². The van der Waals surface area contributed by atoms with Crippen LogP contribution >= 0.6 is 22.9 Å². The molecule has 2 aromatic heterocycles. The number of para-hydroxylation sites is 1. The Morgan fingerprint density at radius 2 is 1.51 bits per heavy atom. The van der Waals surface area contributed by atoms with Crippen LogP contribution in [-0.4, -0.2) is 139 Å². The number of rotatable bonds is 22. The Morgan fingerprint density at radius 3 is 2.04 bits per heavy atom. The molecule has 0 aliphatic carbocycles. The Bertz CT molecular complexity index is 1330. The van der Waals surface area contributed by atoms with Gasteiger partial charge in [0.25, 0.3) is 0 Å². The molecule has 0 unspecified atom stereocenters. The molecule has 3 heterocycles. The number of thiazole rings is 1. The average Bonchev–Trinajstić information content (AvgIpc) is 3.56. The van der Waals surface area contributed by atoms with Gasteiger partial charge < -0.3 is 45.0 Å². The molecule has 1 aliphatic rings. The maximum Gasteiger partial charge on any atom is 0.188 e. The monoisotopic (exact) mass is 722 g/mol. The van der Waals surface area contributed by atoms with Gasteiger partial charge in [-0.25, -0.2) is 15.0 Å². The van der Waals surface area contributed by atoms with Crippen molar-refractivity contribution in [1.29, 1.82) is 0 Å². The summed E-state index contributed by atoms with van der Waals surface area (Å²) in [6.07, 6.45) is 2.34. The van der Waals surface area contributed by atoms with Gasteiger partial charge in [-0.15, -0.1) is 0 Å². The fourth-order valence-corrected chi connectivity index (χ4v) is 5.65. The van der Waals surface area contributed by atoms with Crippen molar-refractivity contribution in [3.05, 3.63) is 51.7 Å². The number of nitrogens with one attached hydrogen (secondary N) is 2. The number of ether oxygens (including phenoxy) is 5. The van der Waals surface area contributed by atoms with Crippen LogP contribution in [-0.2, 0) is 23.7 Å². The van der Waals surface area contributed by atoms with Gasteiger partial charge in [0, 0.05) is 52.4 Å². The highest BCUT2D eigenvalue weighted by molar-refractivity contribution is 7.17. The standard InChI is InChI=1S/C25H41N7O6S.C8H10ClN/c1-21-28-23(30-25-27-19-22(20-33)39-25)18-24(29-21)32-5-3-31(4-6-32)7-9-35-11-13-37-15-17-38-16-14-36-12-10-34-8-2-26;1-6-4-3-5-7(9)8(6)10-2/h18-20H,2-17,26H2,1H3,(H,27,28,29,30);3-5,10H,1-2H3. The minimum absolute atomic E-state index is 0.527. The minimum Gasteiger partial charge on any atom is -0.387 e. The van der Waals surface area contributed by atoms with Gasteiger partial charge >= 0.3 is 0 Å². The van der Waals surface area contributed by atoms with Crippen LogP contribution in [0, 0.1) is 13.8 Å². The van der Waals surface area contributed by atoms with Crippen LogP contribution in [0.4, 0.5) is 22.5 Å². The third kappa shape index (κ3) is 16.1. The summed E-state index contributed by atoms with van der Waals surface area (Å²) in [5, 5.41) is 7.62. The number of nitrogens with zero attached hydrogens (tertiary/aromatic N) is 5. The SMILES string of the molecule is CNc1c(C)cccc1Cl.Cc1nc(Nc2ncc(C=O)s2)cc(N2CCN(CCOCCOCCOCCOCCOCCN)CC2)n1. The highest BCUT2D eigenvalue weighted by Gasteiger charge is 2.19. The van der Waals surface area contributed by atoms with Crippen LogP contribution in [0.3, 0.4) is 0 Å². The summed E-state index contributed by atoms with van der Waals surface area (Å²) in [5.74, 6) is 2.24. The summed E-state index contributed by atoms with van der Waals surface area (Å²) >= 11 is 7.16. The second-order valence-corrected chi connectivity index (χ2v) is 12.3. The number of nitrogens with two attached hydrogens (primary N) is 1. The molecule has 49 heavy (non-hydrogen) atoms. The van der Waals surface area contributed by atoms with Crippen LogP contribution < -0.4 is 21.3 Å². The first kappa shape index (κ1) is 40.4. The van der Waals surface area contributed by atoms with Crippen LogP contribution in [0.15, 0.2) is 30.5 Å². The van der Waals surface area contributed by atoms with E-state index < -0.39 is 0 Å². The number of aldehydes is 1. The zero-order chi connectivity index (χ0) is 35.1. The average molecular weight is 723 g/mol. The number of benzene rings is 1. The molecular weight excluding hydrogens is 672 g/mol. The first-order valence-corrected chi connectivity index (χ1v) is 17.7. The van der Waals surface area contributed by atoms with Crippen molar-refractivity contribution < 1.29 is 28.5 Å². The molecule has 0 atom stereocenters. The zero-order valence-electron chi connectivity index (χ0n) is 28.8. The Balaban J connectivity index is 0.000000555. The number of anilines is 4. The lowest BCUT2D eigenvalue weighted by molar-refractivity contribution is -0.0118.